The third-order valence-electron chi connectivity index (χ3n) is 5.02. The first-order valence-electron chi connectivity index (χ1n) is 8.68. The lowest BCUT2D eigenvalue weighted by Crippen LogP contribution is -2.03. The van der Waals surface area contributed by atoms with Crippen LogP contribution in [0.5, 0.6) is 0 Å². The highest BCUT2D eigenvalue weighted by Crippen LogP contribution is 2.34. The van der Waals surface area contributed by atoms with Crippen LogP contribution in [-0.2, 0) is 10.9 Å². The van der Waals surface area contributed by atoms with Crippen molar-refractivity contribution in [2.75, 3.05) is 11.5 Å². The fourth-order valence-corrected chi connectivity index (χ4v) is 6.20. The number of benzene rings is 3. The smallest absolute Gasteiger partial charge is 0.155 e. The maximum atomic E-state index is 2.46. The molecule has 1 saturated heterocycles. The van der Waals surface area contributed by atoms with E-state index in [1.54, 1.807) is 4.90 Å². The molecule has 24 heavy (non-hydrogen) atoms. The number of rotatable bonds is 2. The minimum Gasteiger partial charge on any atom is -0.309 e. The van der Waals surface area contributed by atoms with Crippen molar-refractivity contribution in [3.8, 4) is 5.69 Å². The van der Waals surface area contributed by atoms with Crippen molar-refractivity contribution in [3.05, 3.63) is 72.8 Å². The van der Waals surface area contributed by atoms with Crippen molar-refractivity contribution in [2.24, 2.45) is 0 Å². The van der Waals surface area contributed by atoms with Crippen molar-refractivity contribution in [1.29, 1.82) is 0 Å². The summed E-state index contributed by atoms with van der Waals surface area (Å²) in [5.41, 5.74) is 3.85. The monoisotopic (exact) mass is 330 g/mol. The summed E-state index contributed by atoms with van der Waals surface area (Å²) in [5, 5.41) is 2.76. The van der Waals surface area contributed by atoms with Gasteiger partial charge in [-0.15, -0.1) is 0 Å². The van der Waals surface area contributed by atoms with E-state index in [2.05, 4.69) is 77.4 Å². The molecule has 1 aliphatic rings. The van der Waals surface area contributed by atoms with Gasteiger partial charge in [-0.2, -0.15) is 0 Å². The minimum atomic E-state index is 0.466. The topological polar surface area (TPSA) is 4.93 Å². The standard InChI is InChI=1S/C22H20NS/c1-2-8-17(9-3-1)23-21-11-5-4-10-19(21)20-16-18(12-13-22(20)23)24-14-6-7-15-24/h1-5,8-13,16H,6-7,14-15H2/q+1. The fourth-order valence-electron chi connectivity index (χ4n) is 3.88. The Morgan fingerprint density at radius 1 is 0.667 bits per heavy atom. The summed E-state index contributed by atoms with van der Waals surface area (Å²) in [6, 6.07) is 26.7. The molecule has 1 fully saturated rings. The van der Waals surface area contributed by atoms with E-state index in [1.807, 2.05) is 0 Å². The number of fused-ring (bicyclic) bond motifs is 3. The van der Waals surface area contributed by atoms with Gasteiger partial charge in [0.2, 0.25) is 0 Å². The van der Waals surface area contributed by atoms with Crippen LogP contribution >= 0.6 is 0 Å². The Balaban J connectivity index is 1.81. The second-order valence-corrected chi connectivity index (χ2v) is 8.75. The summed E-state index contributed by atoms with van der Waals surface area (Å²) in [7, 11) is 0.466. The second-order valence-electron chi connectivity index (χ2n) is 6.48. The molecule has 0 bridgehead atoms. The summed E-state index contributed by atoms with van der Waals surface area (Å²) in [6.07, 6.45) is 2.79. The maximum Gasteiger partial charge on any atom is 0.155 e. The molecule has 0 amide bonds. The Kier molecular flexibility index (Phi) is 3.37. The Hall–Kier alpha value is -2.19. The number of hydrogen-bond acceptors (Lipinski definition) is 0. The maximum absolute atomic E-state index is 2.46. The van der Waals surface area contributed by atoms with E-state index in [0.29, 0.717) is 10.9 Å². The first-order valence-corrected chi connectivity index (χ1v) is 10.2. The molecular weight excluding hydrogens is 310 g/mol. The summed E-state index contributed by atoms with van der Waals surface area (Å²) in [5.74, 6) is 2.76. The normalized spacial score (nSPS) is 15.5. The molecule has 0 radical (unpaired) electrons. The molecule has 1 nitrogen and oxygen atoms in total. The van der Waals surface area contributed by atoms with E-state index in [0.717, 1.165) is 0 Å². The average molecular weight is 330 g/mol. The lowest BCUT2D eigenvalue weighted by Gasteiger charge is -2.07. The molecule has 3 aromatic carbocycles. The fraction of sp³-hybridized carbons (Fsp3) is 0.182. The van der Waals surface area contributed by atoms with E-state index in [4.69, 9.17) is 0 Å². The molecule has 0 saturated carbocycles. The second kappa shape index (κ2) is 5.71. The van der Waals surface area contributed by atoms with Crippen LogP contribution in [0.3, 0.4) is 0 Å². The third-order valence-corrected chi connectivity index (χ3v) is 7.51. The van der Waals surface area contributed by atoms with Gasteiger partial charge in [0.25, 0.3) is 0 Å². The number of nitrogens with zero attached hydrogens (tertiary/aromatic N) is 1. The molecule has 2 heteroatoms. The molecular formula is C22H20NS+. The van der Waals surface area contributed by atoms with E-state index < -0.39 is 0 Å². The molecule has 0 aliphatic carbocycles. The summed E-state index contributed by atoms with van der Waals surface area (Å²) in [4.78, 5) is 1.55. The zero-order valence-corrected chi connectivity index (χ0v) is 14.4. The van der Waals surface area contributed by atoms with Crippen LogP contribution in [0.4, 0.5) is 0 Å². The van der Waals surface area contributed by atoms with Crippen LogP contribution in [-0.4, -0.2) is 16.1 Å². The Morgan fingerprint density at radius 3 is 2.21 bits per heavy atom. The van der Waals surface area contributed by atoms with Crippen LogP contribution < -0.4 is 0 Å². The largest absolute Gasteiger partial charge is 0.309 e. The van der Waals surface area contributed by atoms with Gasteiger partial charge in [-0.25, -0.2) is 0 Å². The van der Waals surface area contributed by atoms with Crippen LogP contribution in [0, 0.1) is 0 Å². The molecule has 1 aliphatic heterocycles. The van der Waals surface area contributed by atoms with Crippen LogP contribution in [0.15, 0.2) is 77.7 Å². The zero-order valence-electron chi connectivity index (χ0n) is 13.6. The van der Waals surface area contributed by atoms with Crippen molar-refractivity contribution in [1.82, 2.24) is 4.57 Å². The first-order chi connectivity index (χ1) is 11.9. The molecule has 5 rings (SSSR count). The molecule has 4 aromatic rings. The van der Waals surface area contributed by atoms with Gasteiger partial charge in [0.05, 0.1) is 11.0 Å². The van der Waals surface area contributed by atoms with Gasteiger partial charge < -0.3 is 4.57 Å². The van der Waals surface area contributed by atoms with Crippen LogP contribution in [0.1, 0.15) is 12.8 Å². The molecule has 118 valence electrons. The van der Waals surface area contributed by atoms with Gasteiger partial charge in [0, 0.05) is 33.4 Å². The van der Waals surface area contributed by atoms with Crippen molar-refractivity contribution in [3.63, 3.8) is 0 Å². The van der Waals surface area contributed by atoms with E-state index in [-0.39, 0.29) is 0 Å². The summed E-state index contributed by atoms with van der Waals surface area (Å²) in [6.45, 7) is 0. The van der Waals surface area contributed by atoms with Gasteiger partial charge in [0.15, 0.2) is 4.90 Å². The Labute approximate surface area is 145 Å². The highest BCUT2D eigenvalue weighted by atomic mass is 32.2. The molecule has 2 heterocycles. The number of para-hydroxylation sites is 2. The number of hydrogen-bond donors (Lipinski definition) is 0. The van der Waals surface area contributed by atoms with Crippen molar-refractivity contribution >= 4 is 32.7 Å². The average Bonchev–Trinajstić information content (AvgIpc) is 3.28. The zero-order chi connectivity index (χ0) is 15.9. The SMILES string of the molecule is c1ccc(-n2c3ccccc3c3cc([S+]4CCCC4)ccc32)cc1. The summed E-state index contributed by atoms with van der Waals surface area (Å²) >= 11 is 0. The van der Waals surface area contributed by atoms with Gasteiger partial charge in [-0.3, -0.25) is 0 Å². The summed E-state index contributed by atoms with van der Waals surface area (Å²) < 4.78 is 2.40. The number of aromatic nitrogens is 1. The van der Waals surface area contributed by atoms with Gasteiger partial charge in [0.1, 0.15) is 11.5 Å². The van der Waals surface area contributed by atoms with E-state index in [9.17, 15) is 0 Å². The molecule has 0 N–H and O–H groups in total. The van der Waals surface area contributed by atoms with Crippen LogP contribution in [0.25, 0.3) is 27.5 Å². The molecule has 0 atom stereocenters. The Morgan fingerprint density at radius 2 is 1.38 bits per heavy atom. The highest BCUT2D eigenvalue weighted by molar-refractivity contribution is 7.97. The van der Waals surface area contributed by atoms with E-state index in [1.165, 1.54) is 51.8 Å². The predicted octanol–water partition coefficient (Wildman–Crippen LogP) is 5.55. The van der Waals surface area contributed by atoms with Crippen molar-refractivity contribution in [2.45, 2.75) is 17.7 Å². The van der Waals surface area contributed by atoms with Gasteiger partial charge in [-0.1, -0.05) is 36.4 Å². The third kappa shape index (κ3) is 2.17. The Bertz CT molecular complexity index is 1010. The highest BCUT2D eigenvalue weighted by Gasteiger charge is 2.27. The lowest BCUT2D eigenvalue weighted by atomic mass is 10.1. The molecule has 0 unspecified atom stereocenters. The molecule has 0 spiro atoms. The van der Waals surface area contributed by atoms with E-state index >= 15 is 0 Å². The van der Waals surface area contributed by atoms with Crippen LogP contribution in [0.2, 0.25) is 0 Å². The minimum absolute atomic E-state index is 0.466. The van der Waals surface area contributed by atoms with Crippen molar-refractivity contribution < 1.29 is 0 Å². The molecule has 1 aromatic heterocycles. The van der Waals surface area contributed by atoms with Gasteiger partial charge >= 0.3 is 0 Å². The first kappa shape index (κ1) is 14.2. The van der Waals surface area contributed by atoms with Gasteiger partial charge in [-0.05, 0) is 43.2 Å². The quantitative estimate of drug-likeness (QED) is 0.424. The lowest BCUT2D eigenvalue weighted by molar-refractivity contribution is 0.949. The predicted molar refractivity (Wildman–Crippen MR) is 105 cm³/mol.